The van der Waals surface area contributed by atoms with Crippen LogP contribution in [0.3, 0.4) is 0 Å². The van der Waals surface area contributed by atoms with Gasteiger partial charge in [-0.3, -0.25) is 14.9 Å². The average Bonchev–Trinajstić information content (AvgIpc) is 2.34. The van der Waals surface area contributed by atoms with Crippen molar-refractivity contribution in [1.29, 1.82) is 0 Å². The Morgan fingerprint density at radius 3 is 2.78 bits per heavy atom. The number of hydrogen-bond donors (Lipinski definition) is 1. The molecule has 1 rings (SSSR count). The third kappa shape index (κ3) is 3.80. The van der Waals surface area contributed by atoms with Crippen molar-refractivity contribution >= 4 is 27.5 Å². The Labute approximate surface area is 114 Å². The molecule has 0 aliphatic rings. The Balaban J connectivity index is 2.74. The van der Waals surface area contributed by atoms with E-state index in [-0.39, 0.29) is 16.1 Å². The van der Waals surface area contributed by atoms with Crippen molar-refractivity contribution in [2.45, 2.75) is 26.2 Å². The topological polar surface area (TPSA) is 72.2 Å². The van der Waals surface area contributed by atoms with Gasteiger partial charge >= 0.3 is 0 Å². The molecule has 0 radical (unpaired) electrons. The van der Waals surface area contributed by atoms with E-state index in [4.69, 9.17) is 0 Å². The number of nitro groups is 1. The van der Waals surface area contributed by atoms with E-state index in [0.29, 0.717) is 12.1 Å². The van der Waals surface area contributed by atoms with Gasteiger partial charge in [0.25, 0.3) is 11.6 Å². The summed E-state index contributed by atoms with van der Waals surface area (Å²) in [5.74, 6) is -0.290. The molecule has 0 fully saturated rings. The minimum atomic E-state index is -0.516. The summed E-state index contributed by atoms with van der Waals surface area (Å²) in [6.07, 6.45) is 3.04. The highest BCUT2D eigenvalue weighted by molar-refractivity contribution is 9.10. The molecule has 0 atom stereocenters. The molecule has 0 saturated heterocycles. The number of carbonyl (C=O) groups excluding carboxylic acids is 1. The van der Waals surface area contributed by atoms with Crippen LogP contribution in [0, 0.1) is 10.1 Å². The molecular formula is C12H15BrN2O3. The summed E-state index contributed by atoms with van der Waals surface area (Å²) in [4.78, 5) is 22.1. The molecule has 98 valence electrons. The van der Waals surface area contributed by atoms with Gasteiger partial charge < -0.3 is 5.32 Å². The van der Waals surface area contributed by atoms with Crippen molar-refractivity contribution in [1.82, 2.24) is 5.32 Å². The highest BCUT2D eigenvalue weighted by atomic mass is 79.9. The van der Waals surface area contributed by atoms with Gasteiger partial charge in [-0.1, -0.05) is 25.8 Å². The van der Waals surface area contributed by atoms with E-state index in [1.54, 1.807) is 6.07 Å². The van der Waals surface area contributed by atoms with Crippen molar-refractivity contribution in [3.8, 4) is 0 Å². The minimum absolute atomic E-state index is 0.101. The first-order valence-corrected chi connectivity index (χ1v) is 6.58. The molecule has 18 heavy (non-hydrogen) atoms. The summed E-state index contributed by atoms with van der Waals surface area (Å²) in [5.41, 5.74) is 0.192. The Hall–Kier alpha value is -1.43. The lowest BCUT2D eigenvalue weighted by Gasteiger charge is -2.06. The van der Waals surface area contributed by atoms with Crippen LogP contribution in [0.1, 0.15) is 36.5 Å². The summed E-state index contributed by atoms with van der Waals surface area (Å²) in [6, 6.07) is 4.42. The highest BCUT2D eigenvalue weighted by Gasteiger charge is 2.18. The van der Waals surface area contributed by atoms with E-state index >= 15 is 0 Å². The van der Waals surface area contributed by atoms with E-state index in [9.17, 15) is 14.9 Å². The summed E-state index contributed by atoms with van der Waals surface area (Å²) in [7, 11) is 0. The van der Waals surface area contributed by atoms with Gasteiger partial charge in [-0.2, -0.15) is 0 Å². The van der Waals surface area contributed by atoms with Crippen molar-refractivity contribution in [2.24, 2.45) is 0 Å². The number of rotatable bonds is 6. The lowest BCUT2D eigenvalue weighted by atomic mass is 10.2. The Morgan fingerprint density at radius 1 is 1.44 bits per heavy atom. The van der Waals surface area contributed by atoms with Crippen molar-refractivity contribution in [2.75, 3.05) is 6.54 Å². The number of unbranched alkanes of at least 4 members (excludes halogenated alkanes) is 2. The van der Waals surface area contributed by atoms with Gasteiger partial charge in [-0.25, -0.2) is 0 Å². The molecule has 1 aromatic rings. The fourth-order valence-corrected chi connectivity index (χ4v) is 2.10. The number of benzene rings is 1. The van der Waals surface area contributed by atoms with Crippen LogP contribution in [0.5, 0.6) is 0 Å². The van der Waals surface area contributed by atoms with Gasteiger partial charge in [0.2, 0.25) is 0 Å². The number of nitrogens with one attached hydrogen (secondary N) is 1. The molecule has 0 bridgehead atoms. The lowest BCUT2D eigenvalue weighted by Crippen LogP contribution is -2.24. The molecule has 0 aliphatic carbocycles. The molecule has 0 heterocycles. The predicted molar refractivity (Wildman–Crippen MR) is 72.7 cm³/mol. The second kappa shape index (κ2) is 7.10. The van der Waals surface area contributed by atoms with Crippen LogP contribution in [0.15, 0.2) is 22.7 Å². The summed E-state index contributed by atoms with van der Waals surface area (Å²) < 4.78 is 0.225. The first-order valence-electron chi connectivity index (χ1n) is 5.79. The van der Waals surface area contributed by atoms with Crippen molar-refractivity contribution < 1.29 is 9.72 Å². The molecule has 0 aliphatic heterocycles. The van der Waals surface area contributed by atoms with Gasteiger partial charge in [0.15, 0.2) is 0 Å². The quantitative estimate of drug-likeness (QED) is 0.497. The monoisotopic (exact) mass is 314 g/mol. The molecule has 0 unspecified atom stereocenters. The summed E-state index contributed by atoms with van der Waals surface area (Å²) in [6.45, 7) is 2.67. The highest BCUT2D eigenvalue weighted by Crippen LogP contribution is 2.28. The van der Waals surface area contributed by atoms with Crippen LogP contribution in [0.25, 0.3) is 0 Å². The minimum Gasteiger partial charge on any atom is -0.352 e. The fraction of sp³-hybridized carbons (Fsp3) is 0.417. The van der Waals surface area contributed by atoms with Gasteiger partial charge in [0.1, 0.15) is 4.47 Å². The maximum absolute atomic E-state index is 11.8. The van der Waals surface area contributed by atoms with Crippen LogP contribution in [-0.2, 0) is 0 Å². The number of nitro benzene ring substituents is 1. The molecule has 1 N–H and O–H groups in total. The Kier molecular flexibility index (Phi) is 5.77. The van der Waals surface area contributed by atoms with Crippen LogP contribution < -0.4 is 5.32 Å². The number of amides is 1. The largest absolute Gasteiger partial charge is 0.352 e. The van der Waals surface area contributed by atoms with Crippen LogP contribution in [0.4, 0.5) is 5.69 Å². The third-order valence-corrected chi connectivity index (χ3v) is 3.32. The molecule has 0 spiro atoms. The number of carbonyl (C=O) groups is 1. The molecule has 0 saturated carbocycles. The number of halogens is 1. The zero-order chi connectivity index (χ0) is 13.5. The molecule has 0 aromatic heterocycles. The Morgan fingerprint density at radius 2 is 2.17 bits per heavy atom. The van der Waals surface area contributed by atoms with E-state index in [1.165, 1.54) is 12.1 Å². The van der Waals surface area contributed by atoms with Gasteiger partial charge in [-0.05, 0) is 28.4 Å². The smallest absolute Gasteiger partial charge is 0.284 e. The molecule has 1 amide bonds. The molecule has 5 nitrogen and oxygen atoms in total. The summed E-state index contributed by atoms with van der Waals surface area (Å²) >= 11 is 3.10. The zero-order valence-electron chi connectivity index (χ0n) is 10.1. The number of nitrogens with zero attached hydrogens (tertiary/aromatic N) is 1. The van der Waals surface area contributed by atoms with Crippen molar-refractivity contribution in [3.63, 3.8) is 0 Å². The summed E-state index contributed by atoms with van der Waals surface area (Å²) in [5, 5.41) is 13.5. The Bertz CT molecular complexity index is 449. The van der Waals surface area contributed by atoms with Gasteiger partial charge in [-0.15, -0.1) is 0 Å². The second-order valence-corrected chi connectivity index (χ2v) is 4.65. The first-order chi connectivity index (χ1) is 8.57. The molecule has 1 aromatic carbocycles. The predicted octanol–water partition coefficient (Wildman–Crippen LogP) is 3.28. The maximum atomic E-state index is 11.8. The fourth-order valence-electron chi connectivity index (χ4n) is 1.51. The molecule has 6 heteroatoms. The third-order valence-electron chi connectivity index (χ3n) is 2.49. The van der Waals surface area contributed by atoms with E-state index in [2.05, 4.69) is 28.2 Å². The maximum Gasteiger partial charge on any atom is 0.284 e. The normalized spacial score (nSPS) is 10.1. The second-order valence-electron chi connectivity index (χ2n) is 3.86. The molecular weight excluding hydrogens is 300 g/mol. The van der Waals surface area contributed by atoms with E-state index in [1.807, 2.05) is 0 Å². The standard InChI is InChI=1S/C12H15BrN2O3/c1-2-3-4-8-14-12(16)9-6-5-7-10(11(9)13)15(17)18/h5-7H,2-4,8H2,1H3,(H,14,16). The van der Waals surface area contributed by atoms with Crippen molar-refractivity contribution in [3.05, 3.63) is 38.3 Å². The zero-order valence-corrected chi connectivity index (χ0v) is 11.7. The lowest BCUT2D eigenvalue weighted by molar-refractivity contribution is -0.385. The van der Waals surface area contributed by atoms with Crippen LogP contribution >= 0.6 is 15.9 Å². The van der Waals surface area contributed by atoms with Gasteiger partial charge in [0.05, 0.1) is 10.5 Å². The van der Waals surface area contributed by atoms with E-state index in [0.717, 1.165) is 19.3 Å². The van der Waals surface area contributed by atoms with Crippen LogP contribution in [0.2, 0.25) is 0 Å². The van der Waals surface area contributed by atoms with Crippen LogP contribution in [-0.4, -0.2) is 17.4 Å². The first kappa shape index (κ1) is 14.6. The van der Waals surface area contributed by atoms with Gasteiger partial charge in [0, 0.05) is 12.6 Å². The number of hydrogen-bond acceptors (Lipinski definition) is 3. The van der Waals surface area contributed by atoms with E-state index < -0.39 is 4.92 Å². The average molecular weight is 315 g/mol. The SMILES string of the molecule is CCCCCNC(=O)c1cccc([N+](=O)[O-])c1Br.